The number of aliphatic imine (C=N–C) groups is 1. The molecule has 2 aromatic carbocycles. The van der Waals surface area contributed by atoms with Crippen molar-refractivity contribution >= 4 is 40.3 Å². The maximum absolute atomic E-state index is 13.1. The zero-order chi connectivity index (χ0) is 23.5. The minimum atomic E-state index is -0.319. The smallest absolute Gasteiger partial charge is 0.264 e. The van der Waals surface area contributed by atoms with Crippen LogP contribution in [0.25, 0.3) is 11.8 Å². The van der Waals surface area contributed by atoms with Gasteiger partial charge in [-0.3, -0.25) is 4.79 Å². The number of rotatable bonds is 6. The first-order valence-electron chi connectivity index (χ1n) is 11.0. The number of carbonyl (C=O) groups excluding carboxylic acids is 1. The number of halogens is 1. The fourth-order valence-electron chi connectivity index (χ4n) is 3.99. The van der Waals surface area contributed by atoms with Crippen molar-refractivity contribution in [1.29, 1.82) is 0 Å². The second-order valence-corrected chi connectivity index (χ2v) is 8.84. The molecule has 1 N–H and O–H groups in total. The van der Waals surface area contributed by atoms with E-state index in [-0.39, 0.29) is 11.7 Å². The van der Waals surface area contributed by atoms with Gasteiger partial charge in [-0.15, -0.1) is 0 Å². The van der Waals surface area contributed by atoms with Gasteiger partial charge < -0.3 is 14.8 Å². The molecule has 0 atom stereocenters. The van der Waals surface area contributed by atoms with Crippen LogP contribution in [-0.2, 0) is 4.79 Å². The maximum atomic E-state index is 13.1. The van der Waals surface area contributed by atoms with Gasteiger partial charge in [-0.25, -0.2) is 9.38 Å². The molecule has 170 valence electrons. The number of anilines is 1. The summed E-state index contributed by atoms with van der Waals surface area (Å²) in [4.78, 5) is 19.8. The average Bonchev–Trinajstić information content (AvgIpc) is 3.29. The molecular formula is C26H27FN4OS. The predicted octanol–water partition coefficient (Wildman–Crippen LogP) is 5.97. The first-order chi connectivity index (χ1) is 15.9. The molecule has 4 rings (SSSR count). The molecule has 1 fully saturated rings. The van der Waals surface area contributed by atoms with Crippen LogP contribution in [0.15, 0.2) is 64.5 Å². The van der Waals surface area contributed by atoms with Crippen molar-refractivity contribution < 1.29 is 9.18 Å². The lowest BCUT2D eigenvalue weighted by atomic mass is 10.2. The van der Waals surface area contributed by atoms with Gasteiger partial charge >= 0.3 is 0 Å². The van der Waals surface area contributed by atoms with E-state index in [0.717, 1.165) is 35.7 Å². The molecule has 0 spiro atoms. The first kappa shape index (κ1) is 22.9. The highest BCUT2D eigenvalue weighted by molar-refractivity contribution is 8.18. The lowest BCUT2D eigenvalue weighted by molar-refractivity contribution is -0.115. The normalized spacial score (nSPS) is 16.0. The molecule has 0 saturated carbocycles. The van der Waals surface area contributed by atoms with E-state index in [2.05, 4.69) is 77.8 Å². The molecule has 1 aliphatic rings. The molecule has 0 aliphatic carbocycles. The molecule has 33 heavy (non-hydrogen) atoms. The van der Waals surface area contributed by atoms with E-state index in [4.69, 9.17) is 0 Å². The summed E-state index contributed by atoms with van der Waals surface area (Å²) in [6, 6.07) is 16.5. The Morgan fingerprint density at radius 3 is 2.36 bits per heavy atom. The molecule has 0 radical (unpaired) electrons. The summed E-state index contributed by atoms with van der Waals surface area (Å²) >= 11 is 1.28. The van der Waals surface area contributed by atoms with Gasteiger partial charge in [-0.05, 0) is 106 Å². The highest BCUT2D eigenvalue weighted by Gasteiger charge is 2.24. The molecule has 7 heteroatoms. The standard InChI is InChI=1S/C26H27FN4OS/c1-5-30(6-2)22-11-13-23(14-12-22)31-17(3)15-19(18(31)4)16-24-25(32)29-26(33-24)28-21-9-7-20(27)8-10-21/h7-16H,5-6H2,1-4H3,(H,28,29,32). The van der Waals surface area contributed by atoms with Crippen molar-refractivity contribution in [3.8, 4) is 5.69 Å². The van der Waals surface area contributed by atoms with E-state index in [1.807, 2.05) is 6.08 Å². The monoisotopic (exact) mass is 462 g/mol. The SMILES string of the molecule is CCN(CC)c1ccc(-n2c(C)cc(C=C3SC(=Nc4ccc(F)cc4)NC3=O)c2C)cc1. The van der Waals surface area contributed by atoms with Crippen LogP contribution in [0.5, 0.6) is 0 Å². The molecule has 1 aromatic heterocycles. The Hall–Kier alpha value is -3.32. The fourth-order valence-corrected chi connectivity index (χ4v) is 4.82. The van der Waals surface area contributed by atoms with E-state index in [1.54, 1.807) is 12.1 Å². The summed E-state index contributed by atoms with van der Waals surface area (Å²) < 4.78 is 15.3. The van der Waals surface area contributed by atoms with Crippen molar-refractivity contribution in [2.24, 2.45) is 4.99 Å². The minimum Gasteiger partial charge on any atom is -0.372 e. The number of amidine groups is 1. The zero-order valence-electron chi connectivity index (χ0n) is 19.2. The van der Waals surface area contributed by atoms with Crippen LogP contribution >= 0.6 is 11.8 Å². The predicted molar refractivity (Wildman–Crippen MR) is 136 cm³/mol. The van der Waals surface area contributed by atoms with Crippen LogP contribution in [0.4, 0.5) is 15.8 Å². The highest BCUT2D eigenvalue weighted by Crippen LogP contribution is 2.31. The highest BCUT2D eigenvalue weighted by atomic mass is 32.2. The molecule has 2 heterocycles. The molecular weight excluding hydrogens is 435 g/mol. The number of carbonyl (C=O) groups is 1. The van der Waals surface area contributed by atoms with Gasteiger partial charge in [-0.1, -0.05) is 0 Å². The minimum absolute atomic E-state index is 0.186. The van der Waals surface area contributed by atoms with Gasteiger partial charge in [0.25, 0.3) is 5.91 Å². The van der Waals surface area contributed by atoms with Gasteiger partial charge in [0, 0.05) is 35.9 Å². The van der Waals surface area contributed by atoms with Crippen LogP contribution in [0.3, 0.4) is 0 Å². The van der Waals surface area contributed by atoms with Gasteiger partial charge in [-0.2, -0.15) is 0 Å². The zero-order valence-corrected chi connectivity index (χ0v) is 20.0. The fraction of sp³-hybridized carbons (Fsp3) is 0.231. The Balaban J connectivity index is 1.59. The van der Waals surface area contributed by atoms with Crippen molar-refractivity contribution in [2.75, 3.05) is 18.0 Å². The Morgan fingerprint density at radius 1 is 1.06 bits per heavy atom. The Morgan fingerprint density at radius 2 is 1.73 bits per heavy atom. The van der Waals surface area contributed by atoms with Crippen LogP contribution < -0.4 is 10.2 Å². The van der Waals surface area contributed by atoms with E-state index in [0.29, 0.717) is 15.8 Å². The van der Waals surface area contributed by atoms with Gasteiger partial charge in [0.2, 0.25) is 0 Å². The lowest BCUT2D eigenvalue weighted by Gasteiger charge is -2.21. The number of thioether (sulfide) groups is 1. The Bertz CT molecular complexity index is 1220. The number of aryl methyl sites for hydroxylation is 1. The van der Waals surface area contributed by atoms with E-state index in [1.165, 1.54) is 29.6 Å². The maximum Gasteiger partial charge on any atom is 0.264 e. The summed E-state index contributed by atoms with van der Waals surface area (Å²) in [7, 11) is 0. The molecule has 0 unspecified atom stereocenters. The van der Waals surface area contributed by atoms with Crippen LogP contribution in [0, 0.1) is 19.7 Å². The Labute approximate surface area is 198 Å². The topological polar surface area (TPSA) is 49.6 Å². The van der Waals surface area contributed by atoms with Crippen LogP contribution in [0.1, 0.15) is 30.8 Å². The second kappa shape index (κ2) is 9.67. The number of aromatic nitrogens is 1. The summed E-state index contributed by atoms with van der Waals surface area (Å²) in [5, 5.41) is 3.27. The largest absolute Gasteiger partial charge is 0.372 e. The van der Waals surface area contributed by atoms with Gasteiger partial charge in [0.1, 0.15) is 5.82 Å². The average molecular weight is 463 g/mol. The Kier molecular flexibility index (Phi) is 6.70. The van der Waals surface area contributed by atoms with Crippen molar-refractivity contribution in [1.82, 2.24) is 9.88 Å². The summed E-state index contributed by atoms with van der Waals surface area (Å²) in [6.07, 6.45) is 1.90. The van der Waals surface area contributed by atoms with E-state index >= 15 is 0 Å². The lowest BCUT2D eigenvalue weighted by Crippen LogP contribution is -2.21. The number of nitrogens with zero attached hydrogens (tertiary/aromatic N) is 3. The number of nitrogens with one attached hydrogen (secondary N) is 1. The second-order valence-electron chi connectivity index (χ2n) is 7.81. The van der Waals surface area contributed by atoms with E-state index in [9.17, 15) is 9.18 Å². The quantitative estimate of drug-likeness (QED) is 0.459. The summed E-state index contributed by atoms with van der Waals surface area (Å²) in [5.74, 6) is -0.505. The van der Waals surface area contributed by atoms with Gasteiger partial charge in [0.05, 0.1) is 10.6 Å². The van der Waals surface area contributed by atoms with E-state index < -0.39 is 0 Å². The summed E-state index contributed by atoms with van der Waals surface area (Å²) in [6.45, 7) is 10.4. The molecule has 5 nitrogen and oxygen atoms in total. The van der Waals surface area contributed by atoms with Crippen molar-refractivity contribution in [3.63, 3.8) is 0 Å². The third-order valence-corrected chi connectivity index (χ3v) is 6.61. The summed E-state index contributed by atoms with van der Waals surface area (Å²) in [5.41, 5.74) is 6.03. The van der Waals surface area contributed by atoms with Crippen molar-refractivity contribution in [2.45, 2.75) is 27.7 Å². The number of amides is 1. The number of hydrogen-bond acceptors (Lipinski definition) is 4. The molecule has 3 aromatic rings. The third kappa shape index (κ3) is 4.88. The molecule has 0 bridgehead atoms. The number of hydrogen-bond donors (Lipinski definition) is 1. The third-order valence-electron chi connectivity index (χ3n) is 5.70. The number of benzene rings is 2. The first-order valence-corrected chi connectivity index (χ1v) is 11.8. The molecule has 1 saturated heterocycles. The van der Waals surface area contributed by atoms with Crippen LogP contribution in [-0.4, -0.2) is 28.7 Å². The molecule has 1 aliphatic heterocycles. The van der Waals surface area contributed by atoms with Gasteiger partial charge in [0.15, 0.2) is 5.17 Å². The molecule has 1 amide bonds. The van der Waals surface area contributed by atoms with Crippen LogP contribution in [0.2, 0.25) is 0 Å². The van der Waals surface area contributed by atoms with Crippen molar-refractivity contribution in [3.05, 3.63) is 82.3 Å².